The van der Waals surface area contributed by atoms with Crippen molar-refractivity contribution in [2.75, 3.05) is 50.8 Å². The maximum Gasteiger partial charge on any atom is 0.202 e. The van der Waals surface area contributed by atoms with Crippen LogP contribution in [0.2, 0.25) is 0 Å². The van der Waals surface area contributed by atoms with Crippen molar-refractivity contribution in [1.29, 1.82) is 0 Å². The van der Waals surface area contributed by atoms with Crippen LogP contribution < -0.4 is 0 Å². The quantitative estimate of drug-likeness (QED) is 0.0772. The molecule has 4 fully saturated rings. The van der Waals surface area contributed by atoms with E-state index in [1.807, 2.05) is 61.3 Å². The molecule has 2 aliphatic heterocycles. The first kappa shape index (κ1) is 41.0. The van der Waals surface area contributed by atoms with Crippen molar-refractivity contribution in [2.24, 2.45) is 24.9 Å². The molecule has 0 radical (unpaired) electrons. The van der Waals surface area contributed by atoms with Gasteiger partial charge in [-0.1, -0.05) is 47.8 Å². The summed E-state index contributed by atoms with van der Waals surface area (Å²) in [6.45, 7) is 10.7. The Labute approximate surface area is 358 Å². The topological polar surface area (TPSA) is 120 Å². The van der Waals surface area contributed by atoms with Crippen LogP contribution in [0.25, 0.3) is 23.2 Å². The molecule has 0 amide bonds. The summed E-state index contributed by atoms with van der Waals surface area (Å²) in [5.41, 5.74) is 5.10. The minimum atomic E-state index is -0.148. The highest BCUT2D eigenvalue weighted by Gasteiger charge is 2.58. The van der Waals surface area contributed by atoms with E-state index in [4.69, 9.17) is 8.83 Å². The third kappa shape index (κ3) is 8.57. The SMILES string of the molecule is Cc1ncoc1-c1nnc(SCCCN2CC[C@@]3(C[C@@H]3c3ccc(F)cc3)C2)n1C.Cc1ncoc1-c1nnc(SCCCN2CC[C@]3(C[C@H]3c3ccc(F)cc3)C2)n1C. The molecule has 2 saturated heterocycles. The van der Waals surface area contributed by atoms with Crippen molar-refractivity contribution in [3.05, 3.63) is 95.5 Å². The van der Waals surface area contributed by atoms with Gasteiger partial charge in [0.25, 0.3) is 0 Å². The summed E-state index contributed by atoms with van der Waals surface area (Å²) in [7, 11) is 3.93. The van der Waals surface area contributed by atoms with Gasteiger partial charge in [0, 0.05) is 38.7 Å². The molecule has 10 rings (SSSR count). The van der Waals surface area contributed by atoms with Crippen molar-refractivity contribution >= 4 is 23.5 Å². The Balaban J connectivity index is 0.000000154. The van der Waals surface area contributed by atoms with Gasteiger partial charge in [0.1, 0.15) is 11.6 Å². The molecular weight excluding hydrogens is 803 g/mol. The van der Waals surface area contributed by atoms with Gasteiger partial charge in [-0.25, -0.2) is 18.7 Å². The van der Waals surface area contributed by atoms with E-state index >= 15 is 0 Å². The van der Waals surface area contributed by atoms with Gasteiger partial charge in [0.15, 0.2) is 34.6 Å². The van der Waals surface area contributed by atoms with Crippen molar-refractivity contribution < 1.29 is 17.6 Å². The maximum atomic E-state index is 13.2. The number of hydrogen-bond donors (Lipinski definition) is 0. The highest BCUT2D eigenvalue weighted by Crippen LogP contribution is 2.65. The van der Waals surface area contributed by atoms with Crippen molar-refractivity contribution in [1.82, 2.24) is 49.3 Å². The van der Waals surface area contributed by atoms with E-state index in [0.29, 0.717) is 34.2 Å². The van der Waals surface area contributed by atoms with Gasteiger partial charge < -0.3 is 27.8 Å². The van der Waals surface area contributed by atoms with Crippen LogP contribution in [0, 0.1) is 36.3 Å². The number of rotatable bonds is 14. The zero-order chi connectivity index (χ0) is 41.4. The molecule has 6 heterocycles. The van der Waals surface area contributed by atoms with Crippen LogP contribution in [0.3, 0.4) is 0 Å². The Hall–Kier alpha value is -4.38. The highest BCUT2D eigenvalue weighted by atomic mass is 32.2. The number of aromatic nitrogens is 8. The Kier molecular flexibility index (Phi) is 11.7. The van der Waals surface area contributed by atoms with E-state index in [1.165, 1.54) is 75.8 Å². The molecule has 316 valence electrons. The van der Waals surface area contributed by atoms with Crippen LogP contribution in [-0.2, 0) is 14.1 Å². The number of benzene rings is 2. The van der Waals surface area contributed by atoms with Crippen LogP contribution in [-0.4, -0.2) is 100 Å². The average molecular weight is 855 g/mol. The number of thioether (sulfide) groups is 2. The van der Waals surface area contributed by atoms with E-state index in [2.05, 4.69) is 40.2 Å². The molecule has 6 aromatic rings. The van der Waals surface area contributed by atoms with Crippen molar-refractivity contribution in [3.8, 4) is 23.2 Å². The summed E-state index contributed by atoms with van der Waals surface area (Å²) in [6.07, 6.45) is 10.1. The molecular formula is C44H52F2N10O2S2. The molecule has 0 unspecified atom stereocenters. The largest absolute Gasteiger partial charge is 0.440 e. The fourth-order valence-corrected chi connectivity index (χ4v) is 11.2. The molecule has 4 atom stereocenters. The van der Waals surface area contributed by atoms with E-state index < -0.39 is 0 Å². The first-order valence-electron chi connectivity index (χ1n) is 20.9. The third-order valence-electron chi connectivity index (χ3n) is 13.1. The van der Waals surface area contributed by atoms with Crippen LogP contribution in [0.4, 0.5) is 8.78 Å². The number of hydrogen-bond acceptors (Lipinski definition) is 12. The molecule has 2 aromatic carbocycles. The summed E-state index contributed by atoms with van der Waals surface area (Å²) in [6, 6.07) is 14.2. The zero-order valence-electron chi connectivity index (χ0n) is 34.7. The molecule has 16 heteroatoms. The number of aryl methyl sites for hydroxylation is 2. The fourth-order valence-electron chi connectivity index (χ4n) is 9.49. The van der Waals surface area contributed by atoms with E-state index in [9.17, 15) is 8.78 Å². The lowest BCUT2D eigenvalue weighted by atomic mass is 9.98. The highest BCUT2D eigenvalue weighted by molar-refractivity contribution is 7.99. The van der Waals surface area contributed by atoms with E-state index in [1.54, 1.807) is 47.8 Å². The predicted molar refractivity (Wildman–Crippen MR) is 228 cm³/mol. The molecule has 4 aromatic heterocycles. The number of oxazole rings is 2. The average Bonchev–Trinajstić information content (AvgIpc) is 3.61. The molecule has 2 aliphatic carbocycles. The normalized spacial score (nSPS) is 23.5. The molecule has 2 spiro atoms. The van der Waals surface area contributed by atoms with Crippen molar-refractivity contribution in [3.63, 3.8) is 0 Å². The molecule has 0 N–H and O–H groups in total. The van der Waals surface area contributed by atoms with Crippen molar-refractivity contribution in [2.45, 2.75) is 74.5 Å². The van der Waals surface area contributed by atoms with Gasteiger partial charge in [0.05, 0.1) is 11.4 Å². The fraction of sp³-hybridized carbons (Fsp3) is 0.500. The second-order valence-corrected chi connectivity index (χ2v) is 19.2. The molecule has 4 aliphatic rings. The summed E-state index contributed by atoms with van der Waals surface area (Å²) >= 11 is 3.47. The summed E-state index contributed by atoms with van der Waals surface area (Å²) in [5, 5.41) is 19.0. The van der Waals surface area contributed by atoms with Gasteiger partial charge in [0.2, 0.25) is 11.6 Å². The standard InChI is InChI=1S/2C22H26FN5OS/c2*1-15-19(29-14-24-15)20-25-26-21(27(20)2)30-11-3-9-28-10-8-22(13-28)12-18(22)16-4-6-17(23)7-5-16/h2*4-7,14,18H,3,8-13H2,1-2H3/t2*18-,22-/m10/s1. The second kappa shape index (κ2) is 17.2. The lowest BCUT2D eigenvalue weighted by Crippen LogP contribution is -2.23. The Morgan fingerprint density at radius 3 is 1.43 bits per heavy atom. The molecule has 12 nitrogen and oxygen atoms in total. The van der Waals surface area contributed by atoms with Gasteiger partial charge in [-0.2, -0.15) is 0 Å². The smallest absolute Gasteiger partial charge is 0.202 e. The number of nitrogens with zero attached hydrogens (tertiary/aromatic N) is 10. The molecule has 60 heavy (non-hydrogen) atoms. The summed E-state index contributed by atoms with van der Waals surface area (Å²) < 4.78 is 41.2. The van der Waals surface area contributed by atoms with Gasteiger partial charge >= 0.3 is 0 Å². The van der Waals surface area contributed by atoms with E-state index in [0.717, 1.165) is 70.8 Å². The molecule has 0 bridgehead atoms. The Morgan fingerprint density at radius 2 is 1.05 bits per heavy atom. The zero-order valence-corrected chi connectivity index (χ0v) is 36.3. The van der Waals surface area contributed by atoms with Crippen LogP contribution in [0.1, 0.15) is 72.9 Å². The van der Waals surface area contributed by atoms with Gasteiger partial charge in [-0.05, 0) is 137 Å². The Bertz CT molecular complexity index is 2230. The summed E-state index contributed by atoms with van der Waals surface area (Å²) in [5.74, 6) is 5.72. The monoisotopic (exact) mass is 854 g/mol. The predicted octanol–water partition coefficient (Wildman–Crippen LogP) is 8.56. The minimum Gasteiger partial charge on any atom is -0.440 e. The third-order valence-corrected chi connectivity index (χ3v) is 15.3. The van der Waals surface area contributed by atoms with Crippen LogP contribution in [0.5, 0.6) is 0 Å². The Morgan fingerprint density at radius 1 is 0.633 bits per heavy atom. The maximum absolute atomic E-state index is 13.2. The lowest BCUT2D eigenvalue weighted by molar-refractivity contribution is 0.319. The van der Waals surface area contributed by atoms with Crippen LogP contribution in [0.15, 0.2) is 80.5 Å². The lowest BCUT2D eigenvalue weighted by Gasteiger charge is -2.16. The molecule has 2 saturated carbocycles. The second-order valence-electron chi connectivity index (χ2n) is 17.1. The minimum absolute atomic E-state index is 0.148. The number of halogens is 2. The first-order valence-corrected chi connectivity index (χ1v) is 22.9. The van der Waals surface area contributed by atoms with E-state index in [-0.39, 0.29) is 11.6 Å². The van der Waals surface area contributed by atoms with Gasteiger partial charge in [-0.15, -0.1) is 20.4 Å². The first-order chi connectivity index (χ1) is 29.1. The van der Waals surface area contributed by atoms with Gasteiger partial charge in [-0.3, -0.25) is 0 Å². The summed E-state index contributed by atoms with van der Waals surface area (Å²) in [4.78, 5) is 13.4. The number of likely N-dealkylation sites (tertiary alicyclic amines) is 2. The van der Waals surface area contributed by atoms with Crippen LogP contribution >= 0.6 is 23.5 Å².